The number of nitrogens with zero attached hydrogens (tertiary/aromatic N) is 3. The maximum Gasteiger partial charge on any atom is 0.236 e. The molecule has 8 heteroatoms. The Morgan fingerprint density at radius 2 is 1.82 bits per heavy atom. The van der Waals surface area contributed by atoms with E-state index in [-0.39, 0.29) is 10.9 Å². The Morgan fingerprint density at radius 1 is 1.18 bits per heavy atom. The molecule has 2 heterocycles. The van der Waals surface area contributed by atoms with Gasteiger partial charge in [-0.3, -0.25) is 9.69 Å². The minimum absolute atomic E-state index is 0.0671. The molecule has 3 rings (SSSR count). The molecule has 1 aromatic rings. The molecule has 0 saturated carbocycles. The van der Waals surface area contributed by atoms with Crippen molar-refractivity contribution in [3.8, 4) is 0 Å². The molecule has 28 heavy (non-hydrogen) atoms. The first kappa shape index (κ1) is 21.3. The van der Waals surface area contributed by atoms with E-state index < -0.39 is 5.82 Å². The number of carbonyl (C=O) groups excluding carboxylic acids is 1. The molecule has 1 N–H and O–H groups in total. The second kappa shape index (κ2) is 9.37. The van der Waals surface area contributed by atoms with Crippen molar-refractivity contribution in [3.63, 3.8) is 0 Å². The number of rotatable bonds is 3. The summed E-state index contributed by atoms with van der Waals surface area (Å²) < 4.78 is 13.3. The predicted molar refractivity (Wildman–Crippen MR) is 115 cm³/mol. The summed E-state index contributed by atoms with van der Waals surface area (Å²) in [5.41, 5.74) is 0.669. The van der Waals surface area contributed by atoms with E-state index in [1.807, 2.05) is 4.90 Å². The summed E-state index contributed by atoms with van der Waals surface area (Å²) in [6, 6.07) is 4.46. The highest BCUT2D eigenvalue weighted by molar-refractivity contribution is 7.80. The minimum Gasteiger partial charge on any atom is -0.346 e. The van der Waals surface area contributed by atoms with Gasteiger partial charge in [-0.25, -0.2) is 4.39 Å². The fourth-order valence-electron chi connectivity index (χ4n) is 4.04. The van der Waals surface area contributed by atoms with Gasteiger partial charge in [0.25, 0.3) is 0 Å². The van der Waals surface area contributed by atoms with Crippen LogP contribution in [0, 0.1) is 17.7 Å². The molecular weight excluding hydrogens is 399 g/mol. The number of piperazine rings is 1. The van der Waals surface area contributed by atoms with Crippen LogP contribution in [0.15, 0.2) is 18.2 Å². The Hall–Kier alpha value is -1.44. The molecule has 0 aliphatic carbocycles. The maximum absolute atomic E-state index is 13.3. The Labute approximate surface area is 176 Å². The lowest BCUT2D eigenvalue weighted by Crippen LogP contribution is -2.53. The van der Waals surface area contributed by atoms with Crippen LogP contribution in [0.4, 0.5) is 10.1 Å². The monoisotopic (exact) mass is 426 g/mol. The zero-order chi connectivity index (χ0) is 20.3. The summed E-state index contributed by atoms with van der Waals surface area (Å²) in [5.74, 6) is 0.934. The lowest BCUT2D eigenvalue weighted by Gasteiger charge is -2.39. The summed E-state index contributed by atoms with van der Waals surface area (Å²) in [6.07, 6.45) is 1.20. The molecule has 2 aliphatic rings. The zero-order valence-corrected chi connectivity index (χ0v) is 18.0. The molecule has 2 atom stereocenters. The quantitative estimate of drug-likeness (QED) is 0.751. The average Bonchev–Trinajstić information content (AvgIpc) is 2.64. The Morgan fingerprint density at radius 3 is 2.43 bits per heavy atom. The molecule has 0 bridgehead atoms. The van der Waals surface area contributed by atoms with Crippen molar-refractivity contribution < 1.29 is 9.18 Å². The van der Waals surface area contributed by atoms with Crippen LogP contribution in [-0.2, 0) is 4.79 Å². The van der Waals surface area contributed by atoms with Crippen LogP contribution in [0.3, 0.4) is 0 Å². The number of likely N-dealkylation sites (tertiary alicyclic amines) is 1. The van der Waals surface area contributed by atoms with Crippen LogP contribution in [0.5, 0.6) is 0 Å². The summed E-state index contributed by atoms with van der Waals surface area (Å²) in [6.45, 7) is 9.73. The van der Waals surface area contributed by atoms with Crippen molar-refractivity contribution in [1.82, 2.24) is 14.7 Å². The van der Waals surface area contributed by atoms with E-state index in [4.69, 9.17) is 23.8 Å². The van der Waals surface area contributed by atoms with Crippen LogP contribution in [0.25, 0.3) is 0 Å². The number of nitrogens with one attached hydrogen (secondary N) is 1. The molecule has 2 fully saturated rings. The van der Waals surface area contributed by atoms with Gasteiger partial charge >= 0.3 is 0 Å². The Balaban J connectivity index is 1.45. The molecule has 0 aromatic heterocycles. The molecule has 2 aliphatic heterocycles. The van der Waals surface area contributed by atoms with Crippen molar-refractivity contribution in [2.75, 3.05) is 51.1 Å². The van der Waals surface area contributed by atoms with Crippen LogP contribution < -0.4 is 5.32 Å². The van der Waals surface area contributed by atoms with Crippen molar-refractivity contribution in [2.24, 2.45) is 11.8 Å². The van der Waals surface area contributed by atoms with Gasteiger partial charge in [-0.05, 0) is 48.7 Å². The highest BCUT2D eigenvalue weighted by atomic mass is 35.5. The number of benzene rings is 1. The van der Waals surface area contributed by atoms with Gasteiger partial charge in [0.05, 0.1) is 11.6 Å². The van der Waals surface area contributed by atoms with E-state index in [0.717, 1.165) is 39.3 Å². The van der Waals surface area contributed by atoms with Crippen molar-refractivity contribution in [2.45, 2.75) is 20.3 Å². The van der Waals surface area contributed by atoms with Gasteiger partial charge < -0.3 is 15.1 Å². The number of piperidine rings is 1. The molecule has 2 saturated heterocycles. The van der Waals surface area contributed by atoms with Crippen LogP contribution in [0.1, 0.15) is 20.3 Å². The average molecular weight is 427 g/mol. The van der Waals surface area contributed by atoms with Gasteiger partial charge in [-0.15, -0.1) is 0 Å². The molecule has 1 aromatic carbocycles. The SMILES string of the molecule is C[C@H]1C[C@H](C)CN(C(=O)CN2CCN(C(=S)Nc3ccc(F)c(Cl)c3)CC2)C1. The predicted octanol–water partition coefficient (Wildman–Crippen LogP) is 3.30. The first-order valence-corrected chi connectivity index (χ1v) is 10.6. The number of amides is 1. The van der Waals surface area contributed by atoms with Crippen molar-refractivity contribution >= 4 is 40.5 Å². The smallest absolute Gasteiger partial charge is 0.236 e. The zero-order valence-electron chi connectivity index (χ0n) is 16.5. The maximum atomic E-state index is 13.3. The van der Waals surface area contributed by atoms with Gasteiger partial charge in [0.2, 0.25) is 5.91 Å². The second-order valence-electron chi connectivity index (χ2n) is 8.07. The van der Waals surface area contributed by atoms with E-state index >= 15 is 0 Å². The summed E-state index contributed by atoms with van der Waals surface area (Å²) >= 11 is 11.3. The molecule has 1 amide bonds. The number of thiocarbonyl (C=S) groups is 1. The lowest BCUT2D eigenvalue weighted by molar-refractivity contribution is -0.135. The Bertz CT molecular complexity index is 716. The number of carbonyl (C=O) groups is 1. The topological polar surface area (TPSA) is 38.8 Å². The second-order valence-corrected chi connectivity index (χ2v) is 8.86. The number of anilines is 1. The largest absolute Gasteiger partial charge is 0.346 e. The fourth-order valence-corrected chi connectivity index (χ4v) is 4.52. The molecule has 154 valence electrons. The van der Waals surface area contributed by atoms with E-state index in [1.165, 1.54) is 18.6 Å². The molecular formula is C20H28ClFN4OS. The number of hydrogen-bond acceptors (Lipinski definition) is 3. The third-order valence-corrected chi connectivity index (χ3v) is 6.06. The first-order valence-electron chi connectivity index (χ1n) is 9.83. The standard InChI is InChI=1S/C20H28ClFN4OS/c1-14-9-15(2)12-26(11-14)19(27)13-24-5-7-25(8-6-24)20(28)23-16-3-4-18(22)17(21)10-16/h3-4,10,14-15H,5-9,11-13H2,1-2H3,(H,23,28)/t14-,15-/m0/s1. The van der Waals surface area contributed by atoms with Gasteiger partial charge in [-0.2, -0.15) is 0 Å². The van der Waals surface area contributed by atoms with Crippen LogP contribution in [0.2, 0.25) is 5.02 Å². The van der Waals surface area contributed by atoms with E-state index in [9.17, 15) is 9.18 Å². The van der Waals surface area contributed by atoms with E-state index in [2.05, 4.69) is 29.0 Å². The lowest BCUT2D eigenvalue weighted by atomic mass is 9.92. The fraction of sp³-hybridized carbons (Fsp3) is 0.600. The third kappa shape index (κ3) is 5.55. The molecule has 5 nitrogen and oxygen atoms in total. The highest BCUT2D eigenvalue weighted by Gasteiger charge is 2.27. The first-order chi connectivity index (χ1) is 13.3. The number of hydrogen-bond donors (Lipinski definition) is 1. The van der Waals surface area contributed by atoms with E-state index in [0.29, 0.717) is 29.2 Å². The van der Waals surface area contributed by atoms with Crippen molar-refractivity contribution in [3.05, 3.63) is 29.0 Å². The number of halogens is 2. The van der Waals surface area contributed by atoms with Gasteiger partial charge in [0.1, 0.15) is 5.82 Å². The summed E-state index contributed by atoms with van der Waals surface area (Å²) in [7, 11) is 0. The highest BCUT2D eigenvalue weighted by Crippen LogP contribution is 2.22. The summed E-state index contributed by atoms with van der Waals surface area (Å²) in [5, 5.41) is 3.77. The van der Waals surface area contributed by atoms with Gasteiger partial charge in [-0.1, -0.05) is 25.4 Å². The van der Waals surface area contributed by atoms with Gasteiger partial charge in [0, 0.05) is 45.0 Å². The van der Waals surface area contributed by atoms with E-state index in [1.54, 1.807) is 6.07 Å². The normalized spacial score (nSPS) is 23.6. The molecule has 0 radical (unpaired) electrons. The van der Waals surface area contributed by atoms with Crippen LogP contribution >= 0.6 is 23.8 Å². The summed E-state index contributed by atoms with van der Waals surface area (Å²) in [4.78, 5) is 18.9. The third-order valence-electron chi connectivity index (χ3n) is 5.41. The minimum atomic E-state index is -0.450. The van der Waals surface area contributed by atoms with Gasteiger partial charge in [0.15, 0.2) is 5.11 Å². The molecule has 0 unspecified atom stereocenters. The Kier molecular flexibility index (Phi) is 7.12. The molecule has 0 spiro atoms. The van der Waals surface area contributed by atoms with Crippen molar-refractivity contribution in [1.29, 1.82) is 0 Å². The van der Waals surface area contributed by atoms with Crippen LogP contribution in [-0.4, -0.2) is 71.5 Å².